The summed E-state index contributed by atoms with van der Waals surface area (Å²) < 4.78 is 13.0. The Hall–Kier alpha value is -3.13. The molecule has 8 heteroatoms. The molecule has 31 heavy (non-hydrogen) atoms. The van der Waals surface area contributed by atoms with Gasteiger partial charge in [0.1, 0.15) is 5.82 Å². The zero-order valence-corrected chi connectivity index (χ0v) is 17.9. The minimum absolute atomic E-state index is 0.00563. The smallest absolute Gasteiger partial charge is 0.272 e. The maximum atomic E-state index is 13.0. The highest BCUT2D eigenvalue weighted by atomic mass is 19.1. The Morgan fingerprint density at radius 2 is 1.68 bits per heavy atom. The van der Waals surface area contributed by atoms with E-state index >= 15 is 0 Å². The predicted octanol–water partition coefficient (Wildman–Crippen LogP) is 2.71. The summed E-state index contributed by atoms with van der Waals surface area (Å²) in [5.41, 5.74) is 2.02. The van der Waals surface area contributed by atoms with Crippen LogP contribution in [0.2, 0.25) is 0 Å². The van der Waals surface area contributed by atoms with E-state index in [0.29, 0.717) is 0 Å². The van der Waals surface area contributed by atoms with E-state index in [1.807, 2.05) is 0 Å². The van der Waals surface area contributed by atoms with Crippen LogP contribution in [0.15, 0.2) is 48.3 Å². The van der Waals surface area contributed by atoms with Crippen LogP contribution in [-0.4, -0.2) is 52.4 Å². The van der Waals surface area contributed by atoms with E-state index < -0.39 is 11.8 Å². The zero-order valence-electron chi connectivity index (χ0n) is 17.9. The van der Waals surface area contributed by atoms with Gasteiger partial charge in [0.25, 0.3) is 11.8 Å². The van der Waals surface area contributed by atoms with Crippen molar-refractivity contribution < 1.29 is 14.0 Å². The summed E-state index contributed by atoms with van der Waals surface area (Å²) in [4.78, 5) is 35.9. The summed E-state index contributed by atoms with van der Waals surface area (Å²) in [6.07, 6.45) is 6.66. The van der Waals surface area contributed by atoms with E-state index in [9.17, 15) is 14.0 Å². The molecule has 7 nitrogen and oxygen atoms in total. The Bertz CT molecular complexity index is 933. The fourth-order valence-electron chi connectivity index (χ4n) is 3.36. The lowest BCUT2D eigenvalue weighted by Gasteiger charge is -2.31. The van der Waals surface area contributed by atoms with E-state index in [4.69, 9.17) is 0 Å². The Balaban J connectivity index is 1.56. The molecule has 0 aliphatic carbocycles. The van der Waals surface area contributed by atoms with E-state index in [1.165, 1.54) is 30.1 Å². The molecular formula is C23H28FN5O2. The van der Waals surface area contributed by atoms with Gasteiger partial charge in [0.2, 0.25) is 0 Å². The van der Waals surface area contributed by atoms with Crippen molar-refractivity contribution in [1.82, 2.24) is 25.5 Å². The number of nitrogens with zero attached hydrogens (tertiary/aromatic N) is 3. The van der Waals surface area contributed by atoms with E-state index in [1.54, 1.807) is 12.1 Å². The molecule has 0 radical (unpaired) electrons. The number of halogens is 1. The van der Waals surface area contributed by atoms with Crippen LogP contribution in [-0.2, 0) is 6.54 Å². The van der Waals surface area contributed by atoms with Gasteiger partial charge in [-0.1, -0.05) is 23.8 Å². The van der Waals surface area contributed by atoms with Crippen molar-refractivity contribution in [2.24, 2.45) is 0 Å². The highest BCUT2D eigenvalue weighted by Crippen LogP contribution is 2.12. The molecule has 0 spiro atoms. The molecule has 2 aromatic rings. The minimum Gasteiger partial charge on any atom is -0.348 e. The Morgan fingerprint density at radius 1 is 1.06 bits per heavy atom. The molecule has 2 N–H and O–H groups in total. The highest BCUT2D eigenvalue weighted by Gasteiger charge is 2.24. The maximum Gasteiger partial charge on any atom is 0.272 e. The molecule has 0 atom stereocenters. The van der Waals surface area contributed by atoms with E-state index in [2.05, 4.69) is 45.4 Å². The Kier molecular flexibility index (Phi) is 7.83. The molecule has 0 saturated carbocycles. The maximum absolute atomic E-state index is 13.0. The monoisotopic (exact) mass is 425 g/mol. The topological polar surface area (TPSA) is 87.2 Å². The molecular weight excluding hydrogens is 397 g/mol. The molecule has 164 valence electrons. The van der Waals surface area contributed by atoms with Crippen LogP contribution in [0.1, 0.15) is 53.2 Å². The molecule has 2 heterocycles. The number of amides is 2. The third kappa shape index (κ3) is 6.68. The SMILES string of the molecule is CC(C)=CCN1CCC(NC(=O)c2nccnc2C(=O)NCc2ccc(F)cc2)CC1. The van der Waals surface area contributed by atoms with Gasteiger partial charge in [0, 0.05) is 44.6 Å². The van der Waals surface area contributed by atoms with Gasteiger partial charge in [-0.05, 0) is 44.4 Å². The number of benzene rings is 1. The summed E-state index contributed by atoms with van der Waals surface area (Å²) in [5.74, 6) is -1.24. The second kappa shape index (κ2) is 10.8. The van der Waals surface area contributed by atoms with Crippen molar-refractivity contribution in [2.45, 2.75) is 39.3 Å². The van der Waals surface area contributed by atoms with Gasteiger partial charge >= 0.3 is 0 Å². The molecule has 1 aliphatic heterocycles. The van der Waals surface area contributed by atoms with Crippen molar-refractivity contribution in [2.75, 3.05) is 19.6 Å². The number of nitrogens with one attached hydrogen (secondary N) is 2. The first-order chi connectivity index (χ1) is 14.9. The molecule has 2 amide bonds. The molecule has 3 rings (SSSR count). The van der Waals surface area contributed by atoms with Crippen LogP contribution in [0.5, 0.6) is 0 Å². The van der Waals surface area contributed by atoms with Crippen LogP contribution >= 0.6 is 0 Å². The number of carbonyl (C=O) groups excluding carboxylic acids is 2. The number of hydrogen-bond acceptors (Lipinski definition) is 5. The second-order valence-corrected chi connectivity index (χ2v) is 7.89. The lowest BCUT2D eigenvalue weighted by molar-refractivity contribution is 0.0885. The largest absolute Gasteiger partial charge is 0.348 e. The average molecular weight is 426 g/mol. The third-order valence-electron chi connectivity index (χ3n) is 5.18. The molecule has 1 aromatic carbocycles. The number of carbonyl (C=O) groups is 2. The summed E-state index contributed by atoms with van der Waals surface area (Å²) in [7, 11) is 0. The number of piperidine rings is 1. The number of allylic oxidation sites excluding steroid dienone is 1. The first kappa shape index (κ1) is 22.6. The first-order valence-corrected chi connectivity index (χ1v) is 10.4. The van der Waals surface area contributed by atoms with Crippen molar-refractivity contribution in [3.05, 3.63) is 71.1 Å². The van der Waals surface area contributed by atoms with Gasteiger partial charge in [-0.3, -0.25) is 14.5 Å². The normalized spacial score (nSPS) is 14.7. The summed E-state index contributed by atoms with van der Waals surface area (Å²) in [6.45, 7) is 7.09. The molecule has 1 aromatic heterocycles. The predicted molar refractivity (Wildman–Crippen MR) is 116 cm³/mol. The van der Waals surface area contributed by atoms with Gasteiger partial charge < -0.3 is 10.6 Å². The zero-order chi connectivity index (χ0) is 22.2. The van der Waals surface area contributed by atoms with Gasteiger partial charge in [-0.15, -0.1) is 0 Å². The van der Waals surface area contributed by atoms with Gasteiger partial charge in [-0.25, -0.2) is 14.4 Å². The lowest BCUT2D eigenvalue weighted by Crippen LogP contribution is -2.45. The molecule has 0 unspecified atom stereocenters. The van der Waals surface area contributed by atoms with Crippen LogP contribution in [0, 0.1) is 5.82 Å². The quantitative estimate of drug-likeness (QED) is 0.666. The average Bonchev–Trinajstić information content (AvgIpc) is 2.78. The van der Waals surface area contributed by atoms with E-state index in [-0.39, 0.29) is 29.8 Å². The Labute approximate surface area is 181 Å². The van der Waals surface area contributed by atoms with Crippen LogP contribution in [0.3, 0.4) is 0 Å². The molecule has 1 saturated heterocycles. The summed E-state index contributed by atoms with van der Waals surface area (Å²) in [6, 6.07) is 5.86. The summed E-state index contributed by atoms with van der Waals surface area (Å²) in [5, 5.41) is 5.70. The third-order valence-corrected chi connectivity index (χ3v) is 5.18. The standard InChI is InChI=1S/C23H28FN5O2/c1-16(2)7-12-29-13-8-19(9-14-29)28-23(31)21-20(25-10-11-26-21)22(30)27-15-17-3-5-18(24)6-4-17/h3-7,10-11,19H,8-9,12-15H2,1-2H3,(H,27,30)(H,28,31). The van der Waals surface area contributed by atoms with Crippen molar-refractivity contribution >= 4 is 11.8 Å². The van der Waals surface area contributed by atoms with Gasteiger partial charge in [-0.2, -0.15) is 0 Å². The van der Waals surface area contributed by atoms with E-state index in [0.717, 1.165) is 38.0 Å². The van der Waals surface area contributed by atoms with Gasteiger partial charge in [0.15, 0.2) is 11.4 Å². The molecule has 1 aliphatic rings. The van der Waals surface area contributed by atoms with Crippen molar-refractivity contribution in [1.29, 1.82) is 0 Å². The fourth-order valence-corrected chi connectivity index (χ4v) is 3.36. The number of hydrogen-bond donors (Lipinski definition) is 2. The Morgan fingerprint density at radius 3 is 2.29 bits per heavy atom. The number of likely N-dealkylation sites (tertiary alicyclic amines) is 1. The molecule has 0 bridgehead atoms. The van der Waals surface area contributed by atoms with Crippen molar-refractivity contribution in [3.63, 3.8) is 0 Å². The number of aromatic nitrogens is 2. The summed E-state index contributed by atoms with van der Waals surface area (Å²) >= 11 is 0. The molecule has 1 fully saturated rings. The fraction of sp³-hybridized carbons (Fsp3) is 0.391. The van der Waals surface area contributed by atoms with Crippen LogP contribution < -0.4 is 10.6 Å². The highest BCUT2D eigenvalue weighted by molar-refractivity contribution is 6.04. The van der Waals surface area contributed by atoms with Crippen LogP contribution in [0.25, 0.3) is 0 Å². The van der Waals surface area contributed by atoms with Gasteiger partial charge in [0.05, 0.1) is 0 Å². The second-order valence-electron chi connectivity index (χ2n) is 7.89. The lowest BCUT2D eigenvalue weighted by atomic mass is 10.0. The minimum atomic E-state index is -0.501. The first-order valence-electron chi connectivity index (χ1n) is 10.4. The van der Waals surface area contributed by atoms with Crippen LogP contribution in [0.4, 0.5) is 4.39 Å². The van der Waals surface area contributed by atoms with Crippen molar-refractivity contribution in [3.8, 4) is 0 Å². The number of rotatable bonds is 7.